The van der Waals surface area contributed by atoms with Crippen molar-refractivity contribution in [3.63, 3.8) is 0 Å². The van der Waals surface area contributed by atoms with E-state index in [9.17, 15) is 4.39 Å². The predicted molar refractivity (Wildman–Crippen MR) is 87.0 cm³/mol. The number of aryl methyl sites for hydroxylation is 1. The van der Waals surface area contributed by atoms with Crippen molar-refractivity contribution in [2.24, 2.45) is 0 Å². The van der Waals surface area contributed by atoms with Gasteiger partial charge in [-0.25, -0.2) is 4.39 Å². The Balaban J connectivity index is 2.25. The summed E-state index contributed by atoms with van der Waals surface area (Å²) in [5, 5.41) is 3.88. The average molecular weight is 357 g/mol. The van der Waals surface area contributed by atoms with Gasteiger partial charge in [0.15, 0.2) is 0 Å². The van der Waals surface area contributed by atoms with Crippen LogP contribution in [0.25, 0.3) is 0 Å². The minimum absolute atomic E-state index is 0.00887. The highest BCUT2D eigenvalue weighted by molar-refractivity contribution is 9.10. The van der Waals surface area contributed by atoms with Crippen molar-refractivity contribution in [3.05, 3.63) is 62.8 Å². The fourth-order valence-corrected chi connectivity index (χ4v) is 2.90. The largest absolute Gasteiger partial charge is 0.378 e. The molecule has 2 aromatic carbocycles. The van der Waals surface area contributed by atoms with Crippen molar-refractivity contribution in [3.8, 4) is 0 Å². The zero-order chi connectivity index (χ0) is 14.7. The number of nitrogens with one attached hydrogen (secondary N) is 1. The van der Waals surface area contributed by atoms with Gasteiger partial charge in [-0.05, 0) is 54.8 Å². The molecule has 0 heterocycles. The zero-order valence-electron chi connectivity index (χ0n) is 11.4. The summed E-state index contributed by atoms with van der Waals surface area (Å²) in [5.74, 6) is -0.316. The Morgan fingerprint density at radius 2 is 2.00 bits per heavy atom. The highest BCUT2D eigenvalue weighted by atomic mass is 79.9. The fourth-order valence-electron chi connectivity index (χ4n) is 2.16. The molecule has 0 spiro atoms. The Bertz CT molecular complexity index is 615. The van der Waals surface area contributed by atoms with Gasteiger partial charge in [0.1, 0.15) is 5.82 Å². The molecule has 0 aliphatic heterocycles. The van der Waals surface area contributed by atoms with Crippen LogP contribution in [0, 0.1) is 5.82 Å². The van der Waals surface area contributed by atoms with E-state index >= 15 is 0 Å². The number of benzene rings is 2. The number of hydrogen-bond donors (Lipinski definition) is 1. The number of anilines is 1. The van der Waals surface area contributed by atoms with Crippen LogP contribution in [-0.4, -0.2) is 0 Å². The Kier molecular flexibility index (Phi) is 5.06. The van der Waals surface area contributed by atoms with Gasteiger partial charge in [-0.15, -0.1) is 0 Å². The number of halogens is 3. The first kappa shape index (κ1) is 15.3. The molecule has 4 heteroatoms. The topological polar surface area (TPSA) is 12.0 Å². The quantitative estimate of drug-likeness (QED) is 0.711. The number of hydrogen-bond acceptors (Lipinski definition) is 1. The summed E-state index contributed by atoms with van der Waals surface area (Å²) in [6, 6.07) is 10.6. The molecule has 0 saturated heterocycles. The van der Waals surface area contributed by atoms with Gasteiger partial charge in [0, 0.05) is 15.2 Å². The summed E-state index contributed by atoms with van der Waals surface area (Å²) < 4.78 is 14.2. The van der Waals surface area contributed by atoms with Gasteiger partial charge in [0.25, 0.3) is 0 Å². The Labute approximate surface area is 132 Å². The lowest BCUT2D eigenvalue weighted by Gasteiger charge is -2.19. The van der Waals surface area contributed by atoms with Gasteiger partial charge >= 0.3 is 0 Å². The molecule has 0 aromatic heterocycles. The van der Waals surface area contributed by atoms with Crippen LogP contribution in [0.3, 0.4) is 0 Å². The van der Waals surface area contributed by atoms with E-state index in [0.717, 1.165) is 22.1 Å². The van der Waals surface area contributed by atoms with E-state index in [1.54, 1.807) is 6.07 Å². The summed E-state index contributed by atoms with van der Waals surface area (Å²) >= 11 is 9.58. The summed E-state index contributed by atoms with van der Waals surface area (Å²) in [6.45, 7) is 4.13. The molecule has 0 radical (unpaired) electrons. The van der Waals surface area contributed by atoms with Crippen molar-refractivity contribution < 1.29 is 4.39 Å². The van der Waals surface area contributed by atoms with Crippen LogP contribution in [-0.2, 0) is 6.42 Å². The molecule has 1 nitrogen and oxygen atoms in total. The monoisotopic (exact) mass is 355 g/mol. The molecule has 0 bridgehead atoms. The van der Waals surface area contributed by atoms with Crippen molar-refractivity contribution in [1.29, 1.82) is 0 Å². The summed E-state index contributed by atoms with van der Waals surface area (Å²) in [4.78, 5) is 0. The lowest BCUT2D eigenvalue weighted by Crippen LogP contribution is -2.09. The van der Waals surface area contributed by atoms with Gasteiger partial charge in [-0.1, -0.05) is 40.5 Å². The van der Waals surface area contributed by atoms with Crippen LogP contribution >= 0.6 is 27.5 Å². The van der Waals surface area contributed by atoms with E-state index < -0.39 is 0 Å². The molecule has 2 rings (SSSR count). The third-order valence-electron chi connectivity index (χ3n) is 3.25. The van der Waals surface area contributed by atoms with Crippen molar-refractivity contribution >= 4 is 33.2 Å². The second kappa shape index (κ2) is 6.59. The van der Waals surface area contributed by atoms with Crippen molar-refractivity contribution in [2.45, 2.75) is 26.3 Å². The van der Waals surface area contributed by atoms with Gasteiger partial charge in [-0.3, -0.25) is 0 Å². The van der Waals surface area contributed by atoms with E-state index in [1.807, 2.05) is 19.1 Å². The third-order valence-corrected chi connectivity index (χ3v) is 4.07. The van der Waals surface area contributed by atoms with Crippen LogP contribution in [0.4, 0.5) is 10.1 Å². The first-order valence-corrected chi connectivity index (χ1v) is 7.68. The molecule has 1 unspecified atom stereocenters. The lowest BCUT2D eigenvalue weighted by atomic mass is 10.1. The minimum Gasteiger partial charge on any atom is -0.378 e. The molecule has 0 aliphatic carbocycles. The van der Waals surface area contributed by atoms with Gasteiger partial charge < -0.3 is 5.32 Å². The Morgan fingerprint density at radius 3 is 2.65 bits per heavy atom. The summed E-state index contributed by atoms with van der Waals surface area (Å²) in [7, 11) is 0. The second-order valence-electron chi connectivity index (χ2n) is 4.69. The first-order valence-electron chi connectivity index (χ1n) is 6.51. The van der Waals surface area contributed by atoms with E-state index in [1.165, 1.54) is 17.7 Å². The Morgan fingerprint density at radius 1 is 1.25 bits per heavy atom. The molecule has 1 atom stereocenters. The normalized spacial score (nSPS) is 12.2. The van der Waals surface area contributed by atoms with Gasteiger partial charge in [0.05, 0.1) is 6.04 Å². The molecule has 0 saturated carbocycles. The second-order valence-corrected chi connectivity index (χ2v) is 6.01. The summed E-state index contributed by atoms with van der Waals surface area (Å²) in [6.07, 6.45) is 0.936. The van der Waals surface area contributed by atoms with Gasteiger partial charge in [-0.2, -0.15) is 0 Å². The van der Waals surface area contributed by atoms with E-state index in [4.69, 9.17) is 11.6 Å². The molecule has 0 aliphatic rings. The van der Waals surface area contributed by atoms with Crippen molar-refractivity contribution in [1.82, 2.24) is 0 Å². The van der Waals surface area contributed by atoms with Crippen LogP contribution in [0.1, 0.15) is 31.0 Å². The highest BCUT2D eigenvalue weighted by Crippen LogP contribution is 2.29. The van der Waals surface area contributed by atoms with E-state index in [-0.39, 0.29) is 11.9 Å². The molecular formula is C16H16BrClFN. The molecule has 0 fully saturated rings. The van der Waals surface area contributed by atoms with E-state index in [2.05, 4.69) is 34.2 Å². The van der Waals surface area contributed by atoms with E-state index in [0.29, 0.717) is 5.02 Å². The maximum absolute atomic E-state index is 13.1. The maximum Gasteiger partial charge on any atom is 0.124 e. The Hall–Kier alpha value is -1.06. The van der Waals surface area contributed by atoms with Gasteiger partial charge in [0.2, 0.25) is 0 Å². The molecule has 0 amide bonds. The lowest BCUT2D eigenvalue weighted by molar-refractivity contribution is 0.626. The highest BCUT2D eigenvalue weighted by Gasteiger charge is 2.12. The predicted octanol–water partition coefficient (Wildman–Crippen LogP) is 5.98. The average Bonchev–Trinajstić information content (AvgIpc) is 2.40. The smallest absolute Gasteiger partial charge is 0.124 e. The standard InChI is InChI=1S/C16H16BrClFN/c1-3-11-8-12(17)4-7-16(11)20-10(2)14-6-5-13(19)9-15(14)18/h4-10,20H,3H2,1-2H3. The maximum atomic E-state index is 13.1. The number of rotatable bonds is 4. The molecule has 2 aromatic rings. The van der Waals surface area contributed by atoms with Crippen LogP contribution in [0.15, 0.2) is 40.9 Å². The molecular weight excluding hydrogens is 341 g/mol. The molecule has 1 N–H and O–H groups in total. The summed E-state index contributed by atoms with van der Waals surface area (Å²) in [5.41, 5.74) is 3.19. The minimum atomic E-state index is -0.316. The fraction of sp³-hybridized carbons (Fsp3) is 0.250. The zero-order valence-corrected chi connectivity index (χ0v) is 13.7. The van der Waals surface area contributed by atoms with Crippen molar-refractivity contribution in [2.75, 3.05) is 5.32 Å². The van der Waals surface area contributed by atoms with Crippen LogP contribution < -0.4 is 5.32 Å². The third kappa shape index (κ3) is 3.53. The first-order chi connectivity index (χ1) is 9.51. The van der Waals surface area contributed by atoms with Crippen LogP contribution in [0.2, 0.25) is 5.02 Å². The SMILES string of the molecule is CCc1cc(Br)ccc1NC(C)c1ccc(F)cc1Cl. The molecule has 106 valence electrons. The van der Waals surface area contributed by atoms with Crippen LogP contribution in [0.5, 0.6) is 0 Å². The molecule has 20 heavy (non-hydrogen) atoms.